The molecule has 0 bridgehead atoms. The molecule has 92 valence electrons. The Morgan fingerprint density at radius 3 is 2.62 bits per heavy atom. The van der Waals surface area contributed by atoms with Gasteiger partial charge < -0.3 is 5.32 Å². The molecular formula is C11H21N3S2. The summed E-state index contributed by atoms with van der Waals surface area (Å²) in [7, 11) is 0. The van der Waals surface area contributed by atoms with Crippen LogP contribution in [0.4, 0.5) is 5.13 Å². The van der Waals surface area contributed by atoms with Crippen LogP contribution in [0, 0.1) is 11.8 Å². The van der Waals surface area contributed by atoms with Gasteiger partial charge in [-0.1, -0.05) is 27.7 Å². The van der Waals surface area contributed by atoms with Crippen LogP contribution < -0.4 is 5.32 Å². The first-order chi connectivity index (χ1) is 7.58. The van der Waals surface area contributed by atoms with E-state index in [9.17, 15) is 0 Å². The van der Waals surface area contributed by atoms with E-state index in [1.165, 1.54) is 17.3 Å². The quantitative estimate of drug-likeness (QED) is 0.813. The van der Waals surface area contributed by atoms with E-state index in [-0.39, 0.29) is 0 Å². The molecule has 0 fully saturated rings. The summed E-state index contributed by atoms with van der Waals surface area (Å²) >= 11 is 3.37. The maximum atomic E-state index is 4.45. The van der Waals surface area contributed by atoms with Crippen LogP contribution in [0.25, 0.3) is 0 Å². The molecule has 0 saturated heterocycles. The van der Waals surface area contributed by atoms with E-state index in [0.29, 0.717) is 5.92 Å². The van der Waals surface area contributed by atoms with Crippen molar-refractivity contribution in [2.45, 2.75) is 33.4 Å². The fourth-order valence-electron chi connectivity index (χ4n) is 1.06. The lowest BCUT2D eigenvalue weighted by molar-refractivity contribution is 0.688. The van der Waals surface area contributed by atoms with Crippen molar-refractivity contribution in [3.8, 4) is 0 Å². The number of rotatable bonds is 7. The highest BCUT2D eigenvalue weighted by atomic mass is 32.2. The second-order valence-corrected chi connectivity index (χ2v) is 6.48. The molecule has 5 heteroatoms. The summed E-state index contributed by atoms with van der Waals surface area (Å²) in [4.78, 5) is 4.45. The molecule has 0 aliphatic rings. The Labute approximate surface area is 107 Å². The normalized spacial score (nSPS) is 11.4. The van der Waals surface area contributed by atoms with Crippen LogP contribution in [-0.4, -0.2) is 21.7 Å². The second-order valence-electron chi connectivity index (χ2n) is 4.70. The Hall–Kier alpha value is -0.290. The minimum Gasteiger partial charge on any atom is -0.360 e. The summed E-state index contributed by atoms with van der Waals surface area (Å²) in [6.45, 7) is 9.81. The fourth-order valence-corrected chi connectivity index (χ4v) is 2.64. The third kappa shape index (κ3) is 5.70. The highest BCUT2D eigenvalue weighted by Crippen LogP contribution is 2.17. The minimum absolute atomic E-state index is 0.641. The number of nitrogens with zero attached hydrogens (tertiary/aromatic N) is 2. The molecule has 0 atom stereocenters. The van der Waals surface area contributed by atoms with Crippen LogP contribution in [0.15, 0.2) is 0 Å². The number of anilines is 1. The van der Waals surface area contributed by atoms with E-state index in [2.05, 4.69) is 42.4 Å². The topological polar surface area (TPSA) is 37.8 Å². The molecule has 1 N–H and O–H groups in total. The van der Waals surface area contributed by atoms with Crippen LogP contribution in [0.5, 0.6) is 0 Å². The lowest BCUT2D eigenvalue weighted by atomic mass is 10.2. The van der Waals surface area contributed by atoms with Crippen molar-refractivity contribution in [1.82, 2.24) is 9.36 Å². The highest BCUT2D eigenvalue weighted by molar-refractivity contribution is 7.98. The number of hydrogen-bond donors (Lipinski definition) is 1. The van der Waals surface area contributed by atoms with Gasteiger partial charge >= 0.3 is 0 Å². The van der Waals surface area contributed by atoms with E-state index < -0.39 is 0 Å². The average Bonchev–Trinajstić information content (AvgIpc) is 2.62. The van der Waals surface area contributed by atoms with E-state index in [1.54, 1.807) is 0 Å². The molecule has 3 nitrogen and oxygen atoms in total. The zero-order chi connectivity index (χ0) is 12.0. The molecule has 0 radical (unpaired) electrons. The average molecular weight is 259 g/mol. The second kappa shape index (κ2) is 7.12. The zero-order valence-electron chi connectivity index (χ0n) is 10.5. The van der Waals surface area contributed by atoms with Crippen LogP contribution in [0.3, 0.4) is 0 Å². The van der Waals surface area contributed by atoms with Gasteiger partial charge in [0, 0.05) is 18.1 Å². The zero-order valence-corrected chi connectivity index (χ0v) is 12.1. The number of hydrogen-bond acceptors (Lipinski definition) is 5. The van der Waals surface area contributed by atoms with Gasteiger partial charge in [-0.25, -0.2) is 4.98 Å². The smallest absolute Gasteiger partial charge is 0.202 e. The van der Waals surface area contributed by atoms with Crippen molar-refractivity contribution in [3.63, 3.8) is 0 Å². The van der Waals surface area contributed by atoms with Crippen molar-refractivity contribution in [2.75, 3.05) is 17.6 Å². The Balaban J connectivity index is 2.28. The van der Waals surface area contributed by atoms with E-state index in [1.807, 2.05) is 11.8 Å². The Morgan fingerprint density at radius 2 is 2.00 bits per heavy atom. The van der Waals surface area contributed by atoms with Gasteiger partial charge in [-0.3, -0.25) is 0 Å². The Morgan fingerprint density at radius 1 is 1.25 bits per heavy atom. The molecule has 0 aliphatic carbocycles. The molecule has 16 heavy (non-hydrogen) atoms. The van der Waals surface area contributed by atoms with Crippen molar-refractivity contribution < 1.29 is 0 Å². The number of thioether (sulfide) groups is 1. The largest absolute Gasteiger partial charge is 0.360 e. The molecule has 1 aromatic rings. The molecule has 0 saturated carbocycles. The van der Waals surface area contributed by atoms with Gasteiger partial charge in [-0.15, -0.1) is 0 Å². The third-order valence-corrected chi connectivity index (χ3v) is 3.89. The first-order valence-electron chi connectivity index (χ1n) is 5.72. The molecule has 0 unspecified atom stereocenters. The first-order valence-corrected chi connectivity index (χ1v) is 7.65. The third-order valence-electron chi connectivity index (χ3n) is 1.81. The molecule has 1 aromatic heterocycles. The van der Waals surface area contributed by atoms with Gasteiger partial charge in [0.15, 0.2) is 5.82 Å². The van der Waals surface area contributed by atoms with Crippen molar-refractivity contribution in [3.05, 3.63) is 5.82 Å². The van der Waals surface area contributed by atoms with Gasteiger partial charge in [0.1, 0.15) is 0 Å². The maximum Gasteiger partial charge on any atom is 0.202 e. The summed E-state index contributed by atoms with van der Waals surface area (Å²) in [5.41, 5.74) is 0. The van der Waals surface area contributed by atoms with Crippen molar-refractivity contribution in [2.24, 2.45) is 11.8 Å². The van der Waals surface area contributed by atoms with Crippen LogP contribution >= 0.6 is 23.3 Å². The standard InChI is InChI=1S/C11H21N3S2/c1-8(2)5-12-11-13-10(14-16-11)7-15-6-9(3)4/h8-9H,5-7H2,1-4H3,(H,12,13,14). The van der Waals surface area contributed by atoms with Gasteiger partial charge in [-0.05, 0) is 17.6 Å². The van der Waals surface area contributed by atoms with Crippen LogP contribution in [0.2, 0.25) is 0 Å². The molecule has 1 rings (SSSR count). The number of aromatic nitrogens is 2. The Kier molecular flexibility index (Phi) is 6.13. The van der Waals surface area contributed by atoms with E-state index in [0.717, 1.165) is 29.2 Å². The van der Waals surface area contributed by atoms with Gasteiger partial charge in [0.2, 0.25) is 5.13 Å². The fraction of sp³-hybridized carbons (Fsp3) is 0.818. The van der Waals surface area contributed by atoms with Gasteiger partial charge in [0.05, 0.1) is 5.75 Å². The van der Waals surface area contributed by atoms with E-state index >= 15 is 0 Å². The Bertz CT molecular complexity index is 297. The first kappa shape index (κ1) is 13.8. The molecule has 0 aliphatic heterocycles. The lowest BCUT2D eigenvalue weighted by Crippen LogP contribution is -2.07. The van der Waals surface area contributed by atoms with Crippen molar-refractivity contribution >= 4 is 28.4 Å². The summed E-state index contributed by atoms with van der Waals surface area (Å²) < 4.78 is 4.34. The summed E-state index contributed by atoms with van der Waals surface area (Å²) in [5, 5.41) is 4.25. The molecule has 0 spiro atoms. The van der Waals surface area contributed by atoms with Crippen LogP contribution in [-0.2, 0) is 5.75 Å². The lowest BCUT2D eigenvalue weighted by Gasteiger charge is -2.04. The molecule has 0 amide bonds. The molecule has 0 aromatic carbocycles. The van der Waals surface area contributed by atoms with Gasteiger partial charge in [-0.2, -0.15) is 16.1 Å². The van der Waals surface area contributed by atoms with Gasteiger partial charge in [0.25, 0.3) is 0 Å². The van der Waals surface area contributed by atoms with E-state index in [4.69, 9.17) is 0 Å². The maximum absolute atomic E-state index is 4.45. The molecule has 1 heterocycles. The SMILES string of the molecule is CC(C)CNc1nc(CSCC(C)C)ns1. The van der Waals surface area contributed by atoms with Crippen molar-refractivity contribution in [1.29, 1.82) is 0 Å². The highest BCUT2D eigenvalue weighted by Gasteiger charge is 2.04. The minimum atomic E-state index is 0.641. The molecular weight excluding hydrogens is 238 g/mol. The summed E-state index contributed by atoms with van der Waals surface area (Å²) in [6.07, 6.45) is 0. The monoisotopic (exact) mass is 259 g/mol. The predicted molar refractivity (Wildman–Crippen MR) is 74.2 cm³/mol. The predicted octanol–water partition coefficient (Wildman–Crippen LogP) is 3.50. The summed E-state index contributed by atoms with van der Waals surface area (Å²) in [5.74, 6) is 4.44. The summed E-state index contributed by atoms with van der Waals surface area (Å²) in [6, 6.07) is 0. The van der Waals surface area contributed by atoms with Crippen LogP contribution in [0.1, 0.15) is 33.5 Å². The number of nitrogens with one attached hydrogen (secondary N) is 1.